The van der Waals surface area contributed by atoms with Crippen molar-refractivity contribution in [3.63, 3.8) is 0 Å². The second-order valence-electron chi connectivity index (χ2n) is 8.52. The third-order valence-electron chi connectivity index (χ3n) is 5.95. The molecule has 0 unspecified atom stereocenters. The summed E-state index contributed by atoms with van der Waals surface area (Å²) in [5.41, 5.74) is 1.99. The van der Waals surface area contributed by atoms with Crippen LogP contribution >= 0.6 is 0 Å². The number of hydrogen-bond donors (Lipinski definition) is 0. The lowest BCUT2D eigenvalue weighted by Crippen LogP contribution is -2.50. The van der Waals surface area contributed by atoms with Crippen LogP contribution in [0.15, 0.2) is 72.8 Å². The van der Waals surface area contributed by atoms with Gasteiger partial charge in [0.05, 0.1) is 18.5 Å². The van der Waals surface area contributed by atoms with E-state index in [2.05, 4.69) is 4.90 Å². The Hall–Kier alpha value is -3.66. The van der Waals surface area contributed by atoms with Gasteiger partial charge in [0.2, 0.25) is 10.0 Å². The summed E-state index contributed by atoms with van der Waals surface area (Å²) >= 11 is 0. The summed E-state index contributed by atoms with van der Waals surface area (Å²) < 4.78 is 57.9. The minimum atomic E-state index is -3.59. The number of rotatable bonds is 8. The van der Waals surface area contributed by atoms with E-state index in [1.54, 1.807) is 41.3 Å². The second-order valence-corrected chi connectivity index (χ2v) is 10.4. The van der Waals surface area contributed by atoms with Crippen molar-refractivity contribution in [1.29, 1.82) is 0 Å². The second kappa shape index (κ2) is 10.9. The number of nitrogens with zero attached hydrogens (tertiary/aromatic N) is 3. The highest BCUT2D eigenvalue weighted by Gasteiger charge is 2.22. The van der Waals surface area contributed by atoms with Crippen molar-refractivity contribution in [2.75, 3.05) is 48.2 Å². The number of ether oxygens (including phenoxy) is 1. The molecule has 0 spiro atoms. The molecule has 0 radical (unpaired) electrons. The molecular weight excluding hydrogens is 488 g/mol. The molecule has 1 saturated heterocycles. The summed E-state index contributed by atoms with van der Waals surface area (Å²) in [5, 5.41) is 0. The van der Waals surface area contributed by atoms with Gasteiger partial charge in [-0.15, -0.1) is 0 Å². The highest BCUT2D eigenvalue weighted by molar-refractivity contribution is 7.92. The molecule has 7 nitrogen and oxygen atoms in total. The maximum atomic E-state index is 13.2. The van der Waals surface area contributed by atoms with E-state index >= 15 is 0 Å². The van der Waals surface area contributed by atoms with Gasteiger partial charge in [-0.2, -0.15) is 0 Å². The van der Waals surface area contributed by atoms with E-state index < -0.39 is 15.8 Å². The van der Waals surface area contributed by atoms with Gasteiger partial charge >= 0.3 is 0 Å². The van der Waals surface area contributed by atoms with Gasteiger partial charge in [0.1, 0.15) is 17.4 Å². The lowest BCUT2D eigenvalue weighted by Gasteiger charge is -2.36. The zero-order chi connectivity index (χ0) is 25.7. The number of halogens is 2. The minimum absolute atomic E-state index is 0.0572. The van der Waals surface area contributed by atoms with Gasteiger partial charge in [-0.1, -0.05) is 12.1 Å². The average molecular weight is 516 g/mol. The molecule has 0 N–H and O–H groups in total. The van der Waals surface area contributed by atoms with Crippen molar-refractivity contribution in [2.24, 2.45) is 0 Å². The molecule has 0 aromatic heterocycles. The predicted octanol–water partition coefficient (Wildman–Crippen LogP) is 3.66. The predicted molar refractivity (Wildman–Crippen MR) is 135 cm³/mol. The van der Waals surface area contributed by atoms with Gasteiger partial charge < -0.3 is 14.5 Å². The fourth-order valence-electron chi connectivity index (χ4n) is 3.97. The third-order valence-corrected chi connectivity index (χ3v) is 7.09. The number of carbonyl (C=O) groups is 1. The molecule has 0 saturated carbocycles. The Morgan fingerprint density at radius 2 is 1.42 bits per heavy atom. The molecule has 36 heavy (non-hydrogen) atoms. The third kappa shape index (κ3) is 6.51. The molecule has 0 aliphatic carbocycles. The van der Waals surface area contributed by atoms with Crippen LogP contribution in [0.2, 0.25) is 0 Å². The number of amides is 1. The molecule has 1 fully saturated rings. The van der Waals surface area contributed by atoms with Crippen LogP contribution in [0, 0.1) is 11.6 Å². The molecular formula is C26H27F2N3O4S. The van der Waals surface area contributed by atoms with Crippen molar-refractivity contribution >= 4 is 27.3 Å². The maximum absolute atomic E-state index is 13.2. The van der Waals surface area contributed by atoms with Gasteiger partial charge in [0, 0.05) is 31.9 Å². The first-order valence-corrected chi connectivity index (χ1v) is 13.3. The van der Waals surface area contributed by atoms with Crippen LogP contribution in [0.25, 0.3) is 0 Å². The molecule has 1 aliphatic rings. The SMILES string of the molecule is CS(=O)(=O)N(Cc1ccc(F)cc1)c1ccc(OCC(=O)N2CCN(c3ccc(F)cc3)CC2)cc1. The quantitative estimate of drug-likeness (QED) is 0.458. The van der Waals surface area contributed by atoms with Gasteiger partial charge in [-0.3, -0.25) is 9.10 Å². The van der Waals surface area contributed by atoms with Crippen LogP contribution in [0.3, 0.4) is 0 Å². The van der Waals surface area contributed by atoms with E-state index in [-0.39, 0.29) is 24.9 Å². The van der Waals surface area contributed by atoms with Crippen LogP contribution in [-0.4, -0.2) is 58.3 Å². The lowest BCUT2D eigenvalue weighted by atomic mass is 10.2. The topological polar surface area (TPSA) is 70.2 Å². The van der Waals surface area contributed by atoms with Crippen LogP contribution in [0.1, 0.15) is 5.56 Å². The smallest absolute Gasteiger partial charge is 0.260 e. The van der Waals surface area contributed by atoms with Crippen LogP contribution < -0.4 is 13.9 Å². The Morgan fingerprint density at radius 1 is 0.861 bits per heavy atom. The summed E-state index contributed by atoms with van der Waals surface area (Å²) in [4.78, 5) is 16.4. The molecule has 1 aliphatic heterocycles. The number of benzene rings is 3. The number of anilines is 2. The first kappa shape index (κ1) is 25.4. The fourth-order valence-corrected chi connectivity index (χ4v) is 4.85. The number of carbonyl (C=O) groups excluding carboxylic acids is 1. The monoisotopic (exact) mass is 515 g/mol. The van der Waals surface area contributed by atoms with Gasteiger partial charge in [0.25, 0.3) is 5.91 Å². The summed E-state index contributed by atoms with van der Waals surface area (Å²) in [7, 11) is -3.59. The number of piperazine rings is 1. The molecule has 3 aromatic rings. The highest BCUT2D eigenvalue weighted by atomic mass is 32.2. The van der Waals surface area contributed by atoms with Crippen molar-refractivity contribution in [3.05, 3.63) is 90.0 Å². The van der Waals surface area contributed by atoms with E-state index in [9.17, 15) is 22.0 Å². The zero-order valence-corrected chi connectivity index (χ0v) is 20.6. The van der Waals surface area contributed by atoms with Gasteiger partial charge in [0.15, 0.2) is 6.61 Å². The number of sulfonamides is 1. The van der Waals surface area contributed by atoms with Crippen LogP contribution in [0.5, 0.6) is 5.75 Å². The summed E-state index contributed by atoms with van der Waals surface area (Å²) in [5.74, 6) is -0.385. The Labute approximate surface area is 209 Å². The summed E-state index contributed by atoms with van der Waals surface area (Å²) in [6.45, 7) is 2.27. The summed E-state index contributed by atoms with van der Waals surface area (Å²) in [6, 6.07) is 18.4. The molecule has 3 aromatic carbocycles. The van der Waals surface area contributed by atoms with Crippen molar-refractivity contribution in [1.82, 2.24) is 4.90 Å². The first-order valence-electron chi connectivity index (χ1n) is 11.4. The molecule has 1 heterocycles. The Kier molecular flexibility index (Phi) is 7.73. The molecule has 10 heteroatoms. The van der Waals surface area contributed by atoms with Crippen molar-refractivity contribution in [2.45, 2.75) is 6.54 Å². The number of hydrogen-bond acceptors (Lipinski definition) is 5. The van der Waals surface area contributed by atoms with E-state index in [0.717, 1.165) is 11.9 Å². The van der Waals surface area contributed by atoms with Crippen molar-refractivity contribution in [3.8, 4) is 5.75 Å². The van der Waals surface area contributed by atoms with Crippen molar-refractivity contribution < 1.29 is 26.7 Å². The van der Waals surface area contributed by atoms with E-state index in [1.807, 2.05) is 0 Å². The largest absolute Gasteiger partial charge is 0.484 e. The highest BCUT2D eigenvalue weighted by Crippen LogP contribution is 2.24. The van der Waals surface area contributed by atoms with Crippen LogP contribution in [-0.2, 0) is 21.4 Å². The van der Waals surface area contributed by atoms with Crippen LogP contribution in [0.4, 0.5) is 20.2 Å². The minimum Gasteiger partial charge on any atom is -0.484 e. The molecule has 0 bridgehead atoms. The summed E-state index contributed by atoms with van der Waals surface area (Å²) in [6.07, 6.45) is 1.11. The Balaban J connectivity index is 1.31. The van der Waals surface area contributed by atoms with Gasteiger partial charge in [-0.25, -0.2) is 17.2 Å². The Bertz CT molecular complexity index is 1280. The normalized spacial score (nSPS) is 14.0. The van der Waals surface area contributed by atoms with E-state index in [0.29, 0.717) is 43.2 Å². The first-order chi connectivity index (χ1) is 17.2. The fraction of sp³-hybridized carbons (Fsp3) is 0.269. The zero-order valence-electron chi connectivity index (χ0n) is 19.8. The standard InChI is InChI=1S/C26H27F2N3O4S/c1-36(33,34)31(18-20-2-4-21(27)5-3-20)24-10-12-25(13-11-24)35-19-26(32)30-16-14-29(15-17-30)23-8-6-22(28)7-9-23/h2-13H,14-19H2,1H3. The molecule has 0 atom stereocenters. The van der Waals surface area contributed by atoms with E-state index in [1.165, 1.54) is 40.7 Å². The Morgan fingerprint density at radius 3 is 1.97 bits per heavy atom. The lowest BCUT2D eigenvalue weighted by molar-refractivity contribution is -0.133. The van der Waals surface area contributed by atoms with E-state index in [4.69, 9.17) is 4.74 Å². The molecule has 1 amide bonds. The molecule has 190 valence electrons. The maximum Gasteiger partial charge on any atom is 0.260 e. The van der Waals surface area contributed by atoms with Gasteiger partial charge in [-0.05, 0) is 66.2 Å². The average Bonchev–Trinajstić information content (AvgIpc) is 2.87. The molecule has 4 rings (SSSR count).